The Kier molecular flexibility index (Phi) is 7.41. The minimum Gasteiger partial charge on any atom is -0.504 e. The number of aromatic nitrogens is 2. The van der Waals surface area contributed by atoms with Gasteiger partial charge in [0.05, 0.1) is 17.0 Å². The van der Waals surface area contributed by atoms with Crippen LogP contribution in [0.2, 0.25) is 0 Å². The van der Waals surface area contributed by atoms with E-state index in [1.165, 1.54) is 12.1 Å². The van der Waals surface area contributed by atoms with Crippen molar-refractivity contribution in [2.45, 2.75) is 25.0 Å². The summed E-state index contributed by atoms with van der Waals surface area (Å²) in [5, 5.41) is 73.6. The molecule has 206 valence electrons. The second-order valence-electron chi connectivity index (χ2n) is 8.76. The summed E-state index contributed by atoms with van der Waals surface area (Å²) in [6, 6.07) is 3.83. The van der Waals surface area contributed by atoms with Crippen LogP contribution in [0, 0.1) is 11.7 Å². The lowest BCUT2D eigenvalue weighted by atomic mass is 9.94. The van der Waals surface area contributed by atoms with E-state index < -0.39 is 69.3 Å². The molecule has 0 radical (unpaired) electrons. The molecule has 3 aromatic rings. The number of anilines is 2. The molecule has 38 heavy (non-hydrogen) atoms. The van der Waals surface area contributed by atoms with Crippen LogP contribution in [-0.4, -0.2) is 82.9 Å². The molecule has 2 heterocycles. The van der Waals surface area contributed by atoms with Gasteiger partial charge in [-0.3, -0.25) is 0 Å². The summed E-state index contributed by atoms with van der Waals surface area (Å²) in [4.78, 5) is 20.0. The highest BCUT2D eigenvalue weighted by molar-refractivity contribution is 9.10. The van der Waals surface area contributed by atoms with Crippen molar-refractivity contribution in [3.63, 3.8) is 0 Å². The number of phenols is 2. The first kappa shape index (κ1) is 27.8. The average Bonchev–Trinajstić information content (AvgIpc) is 2.81. The number of benzene rings is 2. The van der Waals surface area contributed by atoms with Crippen LogP contribution >= 0.6 is 15.9 Å². The van der Waals surface area contributed by atoms with E-state index >= 15 is 0 Å². The van der Waals surface area contributed by atoms with Crippen LogP contribution in [0.25, 0.3) is 10.9 Å². The Morgan fingerprint density at radius 1 is 1.11 bits per heavy atom. The van der Waals surface area contributed by atoms with Gasteiger partial charge >= 0.3 is 17.8 Å². The molecule has 0 unspecified atom stereocenters. The lowest BCUT2D eigenvalue weighted by Crippen LogP contribution is -2.48. The molecule has 14 nitrogen and oxygen atoms in total. The van der Waals surface area contributed by atoms with Crippen molar-refractivity contribution < 1.29 is 49.6 Å². The maximum absolute atomic E-state index is 14.4. The zero-order chi connectivity index (χ0) is 28.0. The Hall–Kier alpha value is -3.25. The zero-order valence-corrected chi connectivity index (χ0v) is 21.2. The van der Waals surface area contributed by atoms with E-state index in [1.807, 2.05) is 11.9 Å². The van der Waals surface area contributed by atoms with E-state index in [1.54, 1.807) is 0 Å². The second kappa shape index (κ2) is 10.1. The van der Waals surface area contributed by atoms with Crippen LogP contribution in [0.15, 0.2) is 27.5 Å². The molecular formula is C22H24BrFN4O10. The van der Waals surface area contributed by atoms with Crippen molar-refractivity contribution in [1.82, 2.24) is 14.9 Å². The Bertz CT molecular complexity index is 1420. The van der Waals surface area contributed by atoms with E-state index in [4.69, 9.17) is 4.74 Å². The first-order chi connectivity index (χ1) is 17.7. The number of halogens is 2. The molecule has 1 saturated heterocycles. The second-order valence-corrected chi connectivity index (χ2v) is 9.68. The van der Waals surface area contributed by atoms with Gasteiger partial charge in [-0.15, -0.1) is 0 Å². The molecule has 2 aromatic carbocycles. The highest BCUT2D eigenvalue weighted by Gasteiger charge is 2.42. The number of phenolic OH excluding ortho intramolecular Hbond substituents is 2. The molecule has 4 rings (SSSR count). The first-order valence-electron chi connectivity index (χ1n) is 11.1. The molecule has 0 atom stereocenters. The van der Waals surface area contributed by atoms with Gasteiger partial charge in [-0.2, -0.15) is 4.98 Å². The van der Waals surface area contributed by atoms with Crippen LogP contribution < -0.4 is 20.5 Å². The molecule has 0 aliphatic carbocycles. The smallest absolute Gasteiger partial charge is 0.453 e. The number of aromatic amines is 1. The monoisotopic (exact) mass is 602 g/mol. The predicted octanol–water partition coefficient (Wildman–Crippen LogP) is 0.305. The maximum atomic E-state index is 14.4. The molecule has 1 fully saturated rings. The SMILES string of the molecule is CN1CCC(C(O)(O)Oc2c(OC(O)(O)O)c(O)c3c(Nc4ccc(Br)cc4F)nc(=O)[nH]c3c2O)CC1. The van der Waals surface area contributed by atoms with E-state index in [2.05, 4.69) is 36.0 Å². The summed E-state index contributed by atoms with van der Waals surface area (Å²) < 4.78 is 24.6. The molecule has 1 aliphatic rings. The maximum Gasteiger partial charge on any atom is 0.453 e. The Labute approximate surface area is 221 Å². The third-order valence-electron chi connectivity index (χ3n) is 5.97. The van der Waals surface area contributed by atoms with E-state index in [-0.39, 0.29) is 18.5 Å². The predicted molar refractivity (Wildman–Crippen MR) is 131 cm³/mol. The number of rotatable bonds is 7. The van der Waals surface area contributed by atoms with Crippen LogP contribution in [0.5, 0.6) is 23.0 Å². The van der Waals surface area contributed by atoms with Crippen molar-refractivity contribution in [3.8, 4) is 23.0 Å². The number of hydrogen-bond acceptors (Lipinski definition) is 13. The quantitative estimate of drug-likeness (QED) is 0.131. The summed E-state index contributed by atoms with van der Waals surface area (Å²) in [7, 11) is 1.83. The Balaban J connectivity index is 1.89. The minimum absolute atomic E-state index is 0.206. The van der Waals surface area contributed by atoms with Crippen LogP contribution in [0.3, 0.4) is 0 Å². The van der Waals surface area contributed by atoms with Gasteiger partial charge in [0.25, 0.3) is 0 Å². The van der Waals surface area contributed by atoms with Crippen LogP contribution in [0.4, 0.5) is 15.9 Å². The number of nitrogens with zero attached hydrogens (tertiary/aromatic N) is 2. The minimum atomic E-state index is -3.95. The lowest BCUT2D eigenvalue weighted by Gasteiger charge is -2.36. The average molecular weight is 603 g/mol. The number of nitrogens with one attached hydrogen (secondary N) is 2. The highest BCUT2D eigenvalue weighted by atomic mass is 79.9. The fourth-order valence-corrected chi connectivity index (χ4v) is 4.41. The van der Waals surface area contributed by atoms with Gasteiger partial charge < -0.3 is 60.4 Å². The van der Waals surface area contributed by atoms with Gasteiger partial charge in [-0.25, -0.2) is 9.18 Å². The largest absolute Gasteiger partial charge is 0.504 e. The number of likely N-dealkylation sites (tertiary alicyclic amines) is 1. The van der Waals surface area contributed by atoms with Crippen molar-refractivity contribution in [1.29, 1.82) is 0 Å². The first-order valence-corrected chi connectivity index (χ1v) is 11.9. The molecular weight excluding hydrogens is 579 g/mol. The van der Waals surface area contributed by atoms with E-state index in [0.717, 1.165) is 6.07 Å². The molecule has 1 aliphatic heterocycles. The fourth-order valence-electron chi connectivity index (χ4n) is 4.08. The summed E-state index contributed by atoms with van der Waals surface area (Å²) in [5.74, 6) is -9.62. The van der Waals surface area contributed by atoms with Crippen molar-refractivity contribution in [2.24, 2.45) is 5.92 Å². The number of H-pyrrole nitrogens is 1. The van der Waals surface area contributed by atoms with E-state index in [9.17, 15) is 44.9 Å². The molecule has 1 aromatic heterocycles. The lowest BCUT2D eigenvalue weighted by molar-refractivity contribution is -0.420. The summed E-state index contributed by atoms with van der Waals surface area (Å²) in [6.45, 7) is 0.950. The summed E-state index contributed by atoms with van der Waals surface area (Å²) >= 11 is 3.10. The zero-order valence-electron chi connectivity index (χ0n) is 19.6. The van der Waals surface area contributed by atoms with Crippen molar-refractivity contribution >= 4 is 38.3 Å². The van der Waals surface area contributed by atoms with Gasteiger partial charge in [0.2, 0.25) is 11.5 Å². The van der Waals surface area contributed by atoms with Crippen LogP contribution in [0.1, 0.15) is 12.8 Å². The summed E-state index contributed by atoms with van der Waals surface area (Å²) in [5.41, 5.74) is -1.87. The molecule has 0 amide bonds. The van der Waals surface area contributed by atoms with E-state index in [0.29, 0.717) is 17.6 Å². The van der Waals surface area contributed by atoms with Gasteiger partial charge in [0.15, 0.2) is 11.5 Å². The van der Waals surface area contributed by atoms with Gasteiger partial charge in [-0.1, -0.05) is 15.9 Å². The van der Waals surface area contributed by atoms with Crippen LogP contribution in [-0.2, 0) is 0 Å². The third-order valence-corrected chi connectivity index (χ3v) is 6.46. The standard InChI is InChI=1S/C22H24BrFN4O10/c1-28-6-4-9(5-7-28)21(32,33)37-18-16(30)14-13(15(29)17(18)38-22(34,35)36)19(27-20(31)26-14)25-12-3-2-10(23)8-11(12)24/h2-3,8-9,29-30,32-36H,4-7H2,1H3,(H2,25,26,27,31). The van der Waals surface area contributed by atoms with Gasteiger partial charge in [-0.05, 0) is 51.2 Å². The molecule has 0 bridgehead atoms. The molecule has 16 heteroatoms. The fraction of sp³-hybridized carbons (Fsp3) is 0.364. The normalized spacial score (nSPS) is 15.6. The van der Waals surface area contributed by atoms with Crippen molar-refractivity contribution in [3.05, 3.63) is 39.0 Å². The number of ether oxygens (including phenoxy) is 2. The Morgan fingerprint density at radius 2 is 1.74 bits per heavy atom. The highest BCUT2D eigenvalue weighted by Crippen LogP contribution is 2.53. The number of aliphatic hydroxyl groups is 5. The number of hydrogen-bond donors (Lipinski definition) is 9. The number of aromatic hydroxyl groups is 2. The number of fused-ring (bicyclic) bond motifs is 1. The molecule has 0 spiro atoms. The van der Waals surface area contributed by atoms with Crippen molar-refractivity contribution in [2.75, 3.05) is 25.5 Å². The number of piperidine rings is 1. The van der Waals surface area contributed by atoms with Gasteiger partial charge in [0.1, 0.15) is 17.2 Å². The summed E-state index contributed by atoms with van der Waals surface area (Å²) in [6.07, 6.45) is -3.45. The third kappa shape index (κ3) is 5.75. The molecule has 9 N–H and O–H groups in total. The van der Waals surface area contributed by atoms with Gasteiger partial charge in [0, 0.05) is 4.47 Å². The Morgan fingerprint density at radius 3 is 2.34 bits per heavy atom. The topological polar surface area (TPSA) is 221 Å². The molecule has 0 saturated carbocycles.